The van der Waals surface area contributed by atoms with Gasteiger partial charge < -0.3 is 5.32 Å². The topological polar surface area (TPSA) is 24.9 Å². The van der Waals surface area contributed by atoms with Gasteiger partial charge in [0.25, 0.3) is 0 Å². The van der Waals surface area contributed by atoms with Crippen molar-refractivity contribution in [2.45, 2.75) is 26.4 Å². The van der Waals surface area contributed by atoms with Crippen LogP contribution in [0.1, 0.15) is 31.0 Å². The van der Waals surface area contributed by atoms with Crippen LogP contribution in [0.5, 0.6) is 0 Å². The van der Waals surface area contributed by atoms with Crippen LogP contribution in [0.25, 0.3) is 0 Å². The lowest BCUT2D eigenvalue weighted by Gasteiger charge is -2.23. The molecule has 0 fully saturated rings. The first-order chi connectivity index (χ1) is 9.56. The van der Waals surface area contributed by atoms with Crippen LogP contribution in [-0.4, -0.2) is 4.98 Å². The van der Waals surface area contributed by atoms with E-state index in [2.05, 4.69) is 58.3 Å². The Kier molecular flexibility index (Phi) is 5.58. The average Bonchev–Trinajstić information content (AvgIpc) is 2.41. The van der Waals surface area contributed by atoms with Gasteiger partial charge in [0.15, 0.2) is 0 Å². The number of nitrogens with zero attached hydrogens (tertiary/aromatic N) is 1. The minimum absolute atomic E-state index is 0.297. The zero-order valence-electron chi connectivity index (χ0n) is 11.6. The van der Waals surface area contributed by atoms with Gasteiger partial charge in [-0.15, -0.1) is 0 Å². The van der Waals surface area contributed by atoms with Crippen LogP contribution < -0.4 is 5.32 Å². The molecule has 1 aromatic carbocycles. The van der Waals surface area contributed by atoms with Crippen LogP contribution in [0.3, 0.4) is 0 Å². The quantitative estimate of drug-likeness (QED) is 0.819. The lowest BCUT2D eigenvalue weighted by atomic mass is 9.96. The van der Waals surface area contributed by atoms with Gasteiger partial charge in [0, 0.05) is 34.5 Å². The number of halogens is 2. The Morgan fingerprint density at radius 1 is 1.20 bits per heavy atom. The average molecular weight is 354 g/mol. The molecular weight excluding hydrogens is 336 g/mol. The molecule has 1 N–H and O–H groups in total. The molecule has 2 rings (SSSR count). The Labute approximate surface area is 133 Å². The minimum Gasteiger partial charge on any atom is -0.306 e. The predicted octanol–water partition coefficient (Wildman–Crippen LogP) is 4.98. The van der Waals surface area contributed by atoms with E-state index in [-0.39, 0.29) is 0 Å². The van der Waals surface area contributed by atoms with Gasteiger partial charge in [-0.05, 0) is 51.2 Å². The van der Waals surface area contributed by atoms with Gasteiger partial charge in [-0.25, -0.2) is 0 Å². The van der Waals surface area contributed by atoms with Crippen molar-refractivity contribution >= 4 is 27.5 Å². The summed E-state index contributed by atoms with van der Waals surface area (Å²) in [4.78, 5) is 4.19. The normalized spacial score (nSPS) is 12.7. The third-order valence-corrected chi connectivity index (χ3v) is 3.87. The summed E-state index contributed by atoms with van der Waals surface area (Å²) in [5.41, 5.74) is 2.42. The third kappa shape index (κ3) is 4.30. The highest BCUT2D eigenvalue weighted by atomic mass is 79.9. The Hall–Kier alpha value is -0.900. The van der Waals surface area contributed by atoms with Crippen molar-refractivity contribution in [3.8, 4) is 0 Å². The first-order valence-electron chi connectivity index (χ1n) is 6.64. The highest BCUT2D eigenvalue weighted by Gasteiger charge is 2.15. The van der Waals surface area contributed by atoms with Gasteiger partial charge in [-0.3, -0.25) is 4.98 Å². The Morgan fingerprint density at radius 2 is 1.90 bits per heavy atom. The molecule has 0 spiro atoms. The van der Waals surface area contributed by atoms with E-state index in [0.717, 1.165) is 16.0 Å². The molecule has 20 heavy (non-hydrogen) atoms. The summed E-state index contributed by atoms with van der Waals surface area (Å²) in [7, 11) is 0. The molecule has 1 unspecified atom stereocenters. The summed E-state index contributed by atoms with van der Waals surface area (Å²) in [6.45, 7) is 5.22. The van der Waals surface area contributed by atoms with Gasteiger partial charge >= 0.3 is 0 Å². The number of rotatable bonds is 5. The Bertz CT molecular complexity index is 555. The fraction of sp³-hybridized carbons (Fsp3) is 0.312. The van der Waals surface area contributed by atoms with E-state index < -0.39 is 0 Å². The van der Waals surface area contributed by atoms with Gasteiger partial charge in [0.2, 0.25) is 0 Å². The first-order valence-corrected chi connectivity index (χ1v) is 7.81. The van der Waals surface area contributed by atoms with Gasteiger partial charge in [0.1, 0.15) is 0 Å². The Balaban J connectivity index is 2.08. The minimum atomic E-state index is 0.297. The van der Waals surface area contributed by atoms with Gasteiger partial charge in [0.05, 0.1) is 0 Å². The number of aromatic nitrogens is 1. The Morgan fingerprint density at radius 3 is 2.50 bits per heavy atom. The summed E-state index contributed by atoms with van der Waals surface area (Å²) in [6, 6.07) is 10.4. The molecule has 1 aromatic heterocycles. The fourth-order valence-electron chi connectivity index (χ4n) is 2.19. The molecule has 0 saturated carbocycles. The zero-order chi connectivity index (χ0) is 14.5. The van der Waals surface area contributed by atoms with E-state index in [0.29, 0.717) is 12.0 Å². The standard InChI is InChI=1S/C16H18BrClN2/c1-11(2)16(13-3-5-15(18)6-4-13)20-9-12-7-14(17)10-19-8-12/h3-8,10-11,16,20H,9H2,1-2H3. The van der Waals surface area contributed by atoms with Crippen molar-refractivity contribution in [2.75, 3.05) is 0 Å². The van der Waals surface area contributed by atoms with Crippen molar-refractivity contribution in [1.82, 2.24) is 10.3 Å². The molecule has 4 heteroatoms. The molecule has 1 atom stereocenters. The van der Waals surface area contributed by atoms with Crippen LogP contribution in [0.15, 0.2) is 47.2 Å². The number of pyridine rings is 1. The van der Waals surface area contributed by atoms with Crippen LogP contribution >= 0.6 is 27.5 Å². The molecule has 0 aliphatic heterocycles. The van der Waals surface area contributed by atoms with E-state index in [1.165, 1.54) is 11.1 Å². The molecule has 106 valence electrons. The number of hydrogen-bond acceptors (Lipinski definition) is 2. The third-order valence-electron chi connectivity index (χ3n) is 3.18. The lowest BCUT2D eigenvalue weighted by molar-refractivity contribution is 0.410. The summed E-state index contributed by atoms with van der Waals surface area (Å²) in [5, 5.41) is 4.37. The highest BCUT2D eigenvalue weighted by molar-refractivity contribution is 9.10. The van der Waals surface area contributed by atoms with E-state index in [9.17, 15) is 0 Å². The summed E-state index contributed by atoms with van der Waals surface area (Å²) in [6.07, 6.45) is 3.68. The summed E-state index contributed by atoms with van der Waals surface area (Å²) >= 11 is 9.40. The first kappa shape index (κ1) is 15.5. The second kappa shape index (κ2) is 7.21. The molecule has 0 amide bonds. The molecule has 0 saturated heterocycles. The smallest absolute Gasteiger partial charge is 0.0410 e. The maximum atomic E-state index is 5.95. The van der Waals surface area contributed by atoms with Crippen LogP contribution in [-0.2, 0) is 6.54 Å². The van der Waals surface area contributed by atoms with Gasteiger partial charge in [-0.1, -0.05) is 37.6 Å². The largest absolute Gasteiger partial charge is 0.306 e. The number of benzene rings is 1. The molecule has 0 aliphatic rings. The maximum absolute atomic E-state index is 5.95. The molecule has 1 heterocycles. The second-order valence-corrected chi connectivity index (χ2v) is 6.52. The molecule has 0 radical (unpaired) electrons. The fourth-order valence-corrected chi connectivity index (χ4v) is 2.73. The highest BCUT2D eigenvalue weighted by Crippen LogP contribution is 2.24. The van der Waals surface area contributed by atoms with Crippen molar-refractivity contribution < 1.29 is 0 Å². The van der Waals surface area contributed by atoms with Crippen molar-refractivity contribution in [1.29, 1.82) is 0 Å². The van der Waals surface area contributed by atoms with Crippen molar-refractivity contribution in [3.63, 3.8) is 0 Å². The van der Waals surface area contributed by atoms with Crippen LogP contribution in [0, 0.1) is 5.92 Å². The van der Waals surface area contributed by atoms with E-state index in [4.69, 9.17) is 11.6 Å². The number of hydrogen-bond donors (Lipinski definition) is 1. The summed E-state index contributed by atoms with van der Waals surface area (Å²) < 4.78 is 1.00. The van der Waals surface area contributed by atoms with E-state index in [1.54, 1.807) is 6.20 Å². The van der Waals surface area contributed by atoms with Crippen molar-refractivity contribution in [2.24, 2.45) is 5.92 Å². The van der Waals surface area contributed by atoms with Gasteiger partial charge in [-0.2, -0.15) is 0 Å². The molecule has 0 aliphatic carbocycles. The van der Waals surface area contributed by atoms with Crippen LogP contribution in [0.2, 0.25) is 5.02 Å². The second-order valence-electron chi connectivity index (χ2n) is 5.17. The molecule has 2 aromatic rings. The molecule has 0 bridgehead atoms. The van der Waals surface area contributed by atoms with Crippen LogP contribution in [0.4, 0.5) is 0 Å². The number of nitrogens with one attached hydrogen (secondary N) is 1. The van der Waals surface area contributed by atoms with E-state index in [1.807, 2.05) is 18.3 Å². The SMILES string of the molecule is CC(C)C(NCc1cncc(Br)c1)c1ccc(Cl)cc1. The lowest BCUT2D eigenvalue weighted by Crippen LogP contribution is -2.25. The summed E-state index contributed by atoms with van der Waals surface area (Å²) in [5.74, 6) is 0.497. The van der Waals surface area contributed by atoms with Crippen molar-refractivity contribution in [3.05, 3.63) is 63.3 Å². The monoisotopic (exact) mass is 352 g/mol. The molecule has 2 nitrogen and oxygen atoms in total. The zero-order valence-corrected chi connectivity index (χ0v) is 13.9. The predicted molar refractivity (Wildman–Crippen MR) is 87.8 cm³/mol. The van der Waals surface area contributed by atoms with E-state index >= 15 is 0 Å². The maximum Gasteiger partial charge on any atom is 0.0410 e. The molecular formula is C16H18BrClN2.